The maximum Gasteiger partial charge on any atom is 0.306 e. The van der Waals surface area contributed by atoms with E-state index >= 15 is 0 Å². The number of benzene rings is 1. The Balaban J connectivity index is 1.12. The van der Waals surface area contributed by atoms with Crippen LogP contribution in [0.3, 0.4) is 0 Å². The topological polar surface area (TPSA) is 84.8 Å². The van der Waals surface area contributed by atoms with E-state index in [1.54, 1.807) is 0 Å². The Hall–Kier alpha value is -3.43. The molecule has 1 N–H and O–H groups in total. The highest BCUT2D eigenvalue weighted by molar-refractivity contribution is 5.70. The molecule has 3 aliphatic rings. The van der Waals surface area contributed by atoms with Gasteiger partial charge in [0.15, 0.2) is 11.6 Å². The Labute approximate surface area is 236 Å². The summed E-state index contributed by atoms with van der Waals surface area (Å²) in [6, 6.07) is 14.7. The lowest BCUT2D eigenvalue weighted by molar-refractivity contribution is -0.141. The molecule has 6 rings (SSSR count). The first-order valence-corrected chi connectivity index (χ1v) is 14.4. The third kappa shape index (κ3) is 5.71. The van der Waals surface area contributed by atoms with Gasteiger partial charge in [0, 0.05) is 37.8 Å². The second-order valence-electron chi connectivity index (χ2n) is 11.8. The summed E-state index contributed by atoms with van der Waals surface area (Å²) >= 11 is 0. The quantitative estimate of drug-likeness (QED) is 0.427. The van der Waals surface area contributed by atoms with Crippen molar-refractivity contribution in [1.82, 2.24) is 24.6 Å². The summed E-state index contributed by atoms with van der Waals surface area (Å²) in [6.07, 6.45) is 2.76. The lowest BCUT2D eigenvalue weighted by Crippen LogP contribution is -2.33. The molecule has 2 atom stereocenters. The number of nitrogens with one attached hydrogen (secondary N) is 1. The van der Waals surface area contributed by atoms with Crippen LogP contribution in [0.5, 0.6) is 5.75 Å². The van der Waals surface area contributed by atoms with Gasteiger partial charge in [0.05, 0.1) is 37.2 Å². The molecule has 0 bridgehead atoms. The minimum atomic E-state index is -0.167. The number of hydrogen-bond acceptors (Lipinski definition) is 8. The first-order valence-electron chi connectivity index (χ1n) is 14.4. The molecule has 3 aliphatic heterocycles. The van der Waals surface area contributed by atoms with Crippen LogP contribution in [-0.4, -0.2) is 83.5 Å². The number of ether oxygens (including phenoxy) is 2. The molecular weight excluding hydrogens is 504 g/mol. The van der Waals surface area contributed by atoms with Crippen LogP contribution < -0.4 is 10.1 Å². The highest BCUT2D eigenvalue weighted by Gasteiger charge is 2.43. The average Bonchev–Trinajstić information content (AvgIpc) is 3.65. The van der Waals surface area contributed by atoms with Gasteiger partial charge in [-0.15, -0.1) is 0 Å². The number of rotatable bonds is 8. The van der Waals surface area contributed by atoms with Crippen LogP contribution in [-0.2, 0) is 16.1 Å². The van der Waals surface area contributed by atoms with E-state index in [1.807, 2.05) is 17.7 Å². The fourth-order valence-electron chi connectivity index (χ4n) is 6.74. The molecular formula is C31H40N6O3. The number of likely N-dealkylation sites (tertiary alicyclic amines) is 2. The third-order valence-electron chi connectivity index (χ3n) is 8.70. The molecule has 1 aromatic carbocycles. The lowest BCUT2D eigenvalue weighted by Gasteiger charge is -2.27. The zero-order valence-corrected chi connectivity index (χ0v) is 23.9. The molecule has 1 unspecified atom stereocenters. The molecule has 0 aliphatic carbocycles. The van der Waals surface area contributed by atoms with E-state index in [2.05, 4.69) is 63.5 Å². The van der Waals surface area contributed by atoms with Gasteiger partial charge >= 0.3 is 5.97 Å². The maximum atomic E-state index is 12.5. The summed E-state index contributed by atoms with van der Waals surface area (Å²) in [7, 11) is 1.48. The normalized spacial score (nSPS) is 21.7. The van der Waals surface area contributed by atoms with Gasteiger partial charge in [0.25, 0.3) is 0 Å². The molecule has 2 saturated heterocycles. The minimum Gasteiger partial charge on any atom is -0.488 e. The number of aromatic nitrogens is 3. The van der Waals surface area contributed by atoms with Crippen molar-refractivity contribution in [2.24, 2.45) is 5.41 Å². The predicted octanol–water partition coefficient (Wildman–Crippen LogP) is 3.93. The van der Waals surface area contributed by atoms with Crippen LogP contribution in [0.1, 0.15) is 47.8 Å². The minimum absolute atomic E-state index is 0.0615. The van der Waals surface area contributed by atoms with E-state index in [-0.39, 0.29) is 11.9 Å². The summed E-state index contributed by atoms with van der Waals surface area (Å²) in [5.74, 6) is 1.61. The standard InChI is InChI=1S/C31H40N6O3/c1-22-15-23(2)37(34-22)27-6-4-5-24(16-27)25(17-29(38)39-3)18-35-12-9-31(20-35)10-13-36(21-31)19-26-7-8-28-30(33-26)32-11-14-40-28/h4-8,15-16,25H,9-14,17-21H2,1-3H3,(H,32,33)/t25-,31?/m1/s1. The fourth-order valence-corrected chi connectivity index (χ4v) is 6.74. The number of hydrogen-bond donors (Lipinski definition) is 1. The molecule has 2 fully saturated rings. The maximum absolute atomic E-state index is 12.5. The predicted molar refractivity (Wildman–Crippen MR) is 154 cm³/mol. The Morgan fingerprint density at radius 1 is 1.12 bits per heavy atom. The van der Waals surface area contributed by atoms with Crippen molar-refractivity contribution in [3.8, 4) is 11.4 Å². The van der Waals surface area contributed by atoms with Gasteiger partial charge in [-0.2, -0.15) is 5.10 Å². The average molecular weight is 545 g/mol. The second kappa shape index (κ2) is 11.2. The molecule has 0 amide bonds. The molecule has 212 valence electrons. The summed E-state index contributed by atoms with van der Waals surface area (Å²) in [5, 5.41) is 8.01. The number of methoxy groups -OCH3 is 1. The Morgan fingerprint density at radius 3 is 2.75 bits per heavy atom. The van der Waals surface area contributed by atoms with Gasteiger partial charge in [-0.25, -0.2) is 9.67 Å². The SMILES string of the molecule is COC(=O)C[C@H](CN1CCC2(CCN(Cc3ccc4c(n3)NCCO4)C2)C1)c1cccc(-n2nc(C)cc2C)c1. The van der Waals surface area contributed by atoms with Crippen molar-refractivity contribution in [2.75, 3.05) is 58.3 Å². The zero-order valence-electron chi connectivity index (χ0n) is 23.9. The van der Waals surface area contributed by atoms with Gasteiger partial charge in [-0.3, -0.25) is 9.69 Å². The highest BCUT2D eigenvalue weighted by Crippen LogP contribution is 2.41. The number of anilines is 1. The van der Waals surface area contributed by atoms with Crippen LogP contribution in [0.15, 0.2) is 42.5 Å². The molecule has 0 radical (unpaired) electrons. The first-order chi connectivity index (χ1) is 19.4. The van der Waals surface area contributed by atoms with Crippen LogP contribution in [0.25, 0.3) is 5.69 Å². The van der Waals surface area contributed by atoms with Crippen LogP contribution in [0.4, 0.5) is 5.82 Å². The van der Waals surface area contributed by atoms with Gasteiger partial charge in [-0.1, -0.05) is 12.1 Å². The third-order valence-corrected chi connectivity index (χ3v) is 8.70. The Kier molecular flexibility index (Phi) is 7.51. The molecule has 5 heterocycles. The van der Waals surface area contributed by atoms with Gasteiger partial charge < -0.3 is 19.7 Å². The summed E-state index contributed by atoms with van der Waals surface area (Å²) < 4.78 is 12.8. The van der Waals surface area contributed by atoms with Gasteiger partial charge in [0.2, 0.25) is 0 Å². The van der Waals surface area contributed by atoms with E-state index in [9.17, 15) is 4.79 Å². The van der Waals surface area contributed by atoms with Gasteiger partial charge in [0.1, 0.15) is 6.61 Å². The molecule has 3 aromatic rings. The molecule has 0 saturated carbocycles. The molecule has 40 heavy (non-hydrogen) atoms. The van der Waals surface area contributed by atoms with Crippen molar-refractivity contribution in [3.63, 3.8) is 0 Å². The first kappa shape index (κ1) is 26.8. The van der Waals surface area contributed by atoms with Crippen LogP contribution >= 0.6 is 0 Å². The van der Waals surface area contributed by atoms with Crippen molar-refractivity contribution in [1.29, 1.82) is 0 Å². The Morgan fingerprint density at radius 2 is 1.95 bits per heavy atom. The Bertz CT molecular complexity index is 1370. The van der Waals surface area contributed by atoms with E-state index in [0.717, 1.165) is 85.7 Å². The molecule has 9 heteroatoms. The number of nitrogens with zero attached hydrogens (tertiary/aromatic N) is 5. The molecule has 9 nitrogen and oxygen atoms in total. The number of carbonyl (C=O) groups excluding carboxylic acids is 1. The smallest absolute Gasteiger partial charge is 0.306 e. The lowest BCUT2D eigenvalue weighted by atomic mass is 9.86. The van der Waals surface area contributed by atoms with Crippen LogP contribution in [0, 0.1) is 19.3 Å². The van der Waals surface area contributed by atoms with E-state index in [1.165, 1.54) is 20.0 Å². The van der Waals surface area contributed by atoms with E-state index in [4.69, 9.17) is 14.5 Å². The second-order valence-corrected chi connectivity index (χ2v) is 11.8. The number of aryl methyl sites for hydroxylation is 2. The highest BCUT2D eigenvalue weighted by atomic mass is 16.5. The van der Waals surface area contributed by atoms with Gasteiger partial charge in [-0.05, 0) is 81.1 Å². The fraction of sp³-hybridized carbons (Fsp3) is 0.516. The van der Waals surface area contributed by atoms with Crippen molar-refractivity contribution >= 4 is 11.8 Å². The van der Waals surface area contributed by atoms with Crippen LogP contribution in [0.2, 0.25) is 0 Å². The summed E-state index contributed by atoms with van der Waals surface area (Å²) in [6.45, 7) is 11.6. The molecule has 2 aromatic heterocycles. The van der Waals surface area contributed by atoms with E-state index < -0.39 is 0 Å². The van der Waals surface area contributed by atoms with E-state index in [0.29, 0.717) is 18.4 Å². The van der Waals surface area contributed by atoms with Crippen molar-refractivity contribution in [3.05, 3.63) is 65.1 Å². The number of pyridine rings is 1. The molecule has 1 spiro atoms. The monoisotopic (exact) mass is 544 g/mol. The van der Waals surface area contributed by atoms with Crippen molar-refractivity contribution in [2.45, 2.75) is 45.6 Å². The number of carbonyl (C=O) groups is 1. The largest absolute Gasteiger partial charge is 0.488 e. The zero-order chi connectivity index (χ0) is 27.7. The number of esters is 1. The number of fused-ring (bicyclic) bond motifs is 1. The summed E-state index contributed by atoms with van der Waals surface area (Å²) in [5.41, 5.74) is 5.66. The van der Waals surface area contributed by atoms with Crippen molar-refractivity contribution < 1.29 is 14.3 Å². The summed E-state index contributed by atoms with van der Waals surface area (Å²) in [4.78, 5) is 22.4.